The van der Waals surface area contributed by atoms with Crippen LogP contribution in [0, 0.1) is 11.3 Å². The standard InChI is InChI=1S/C16H22N2O2/c1-2-3-13-8-11(15(19)20)9-14(18-13)17-10-16(6-7-16)12-4-5-12/h8-9,12H,2-7,10H2,1H3,(H,17,18)(H,19,20). The molecule has 0 spiro atoms. The molecule has 0 amide bonds. The van der Waals surface area contributed by atoms with Crippen LogP contribution in [0.3, 0.4) is 0 Å². The highest BCUT2D eigenvalue weighted by Gasteiger charge is 2.53. The minimum Gasteiger partial charge on any atom is -0.478 e. The number of pyridine rings is 1. The molecule has 2 N–H and O–H groups in total. The van der Waals surface area contributed by atoms with Crippen LogP contribution in [-0.2, 0) is 6.42 Å². The van der Waals surface area contributed by atoms with Crippen LogP contribution in [0.4, 0.5) is 5.82 Å². The second-order valence-corrected chi connectivity index (χ2v) is 6.28. The highest BCUT2D eigenvalue weighted by Crippen LogP contribution is 2.61. The summed E-state index contributed by atoms with van der Waals surface area (Å²) in [6.07, 6.45) is 7.15. The molecule has 0 unspecified atom stereocenters. The SMILES string of the molecule is CCCc1cc(C(=O)O)cc(NCC2(C3CC3)CC2)n1. The Bertz CT molecular complexity index is 519. The van der Waals surface area contributed by atoms with Gasteiger partial charge in [0.2, 0.25) is 0 Å². The van der Waals surface area contributed by atoms with E-state index in [1.807, 2.05) is 0 Å². The molecule has 0 atom stereocenters. The van der Waals surface area contributed by atoms with E-state index in [2.05, 4.69) is 17.2 Å². The van der Waals surface area contributed by atoms with Crippen molar-refractivity contribution >= 4 is 11.8 Å². The Hall–Kier alpha value is -1.58. The molecule has 2 saturated carbocycles. The van der Waals surface area contributed by atoms with Gasteiger partial charge in [-0.15, -0.1) is 0 Å². The molecule has 4 heteroatoms. The van der Waals surface area contributed by atoms with Crippen molar-refractivity contribution in [3.8, 4) is 0 Å². The number of hydrogen-bond acceptors (Lipinski definition) is 3. The van der Waals surface area contributed by atoms with Crippen LogP contribution in [-0.4, -0.2) is 22.6 Å². The first-order valence-corrected chi connectivity index (χ1v) is 7.61. The van der Waals surface area contributed by atoms with Crippen LogP contribution < -0.4 is 5.32 Å². The minimum atomic E-state index is -0.879. The van der Waals surface area contributed by atoms with Gasteiger partial charge < -0.3 is 10.4 Å². The first-order chi connectivity index (χ1) is 9.63. The van der Waals surface area contributed by atoms with Crippen LogP contribution in [0.1, 0.15) is 55.1 Å². The van der Waals surface area contributed by atoms with Gasteiger partial charge in [-0.3, -0.25) is 0 Å². The van der Waals surface area contributed by atoms with Crippen molar-refractivity contribution < 1.29 is 9.90 Å². The second-order valence-electron chi connectivity index (χ2n) is 6.28. The fraction of sp³-hybridized carbons (Fsp3) is 0.625. The molecule has 0 aromatic carbocycles. The van der Waals surface area contributed by atoms with Gasteiger partial charge in [0.1, 0.15) is 5.82 Å². The second kappa shape index (κ2) is 5.08. The Balaban J connectivity index is 1.72. The lowest BCUT2D eigenvalue weighted by Gasteiger charge is -2.16. The van der Waals surface area contributed by atoms with E-state index in [0.29, 0.717) is 11.0 Å². The molecule has 2 fully saturated rings. The third-order valence-electron chi connectivity index (χ3n) is 4.59. The normalized spacial score (nSPS) is 19.6. The van der Waals surface area contributed by atoms with Gasteiger partial charge in [0.25, 0.3) is 0 Å². The fourth-order valence-corrected chi connectivity index (χ4v) is 3.04. The highest BCUT2D eigenvalue weighted by atomic mass is 16.4. The van der Waals surface area contributed by atoms with Crippen molar-refractivity contribution in [2.24, 2.45) is 11.3 Å². The number of aromatic carboxylic acids is 1. The van der Waals surface area contributed by atoms with Crippen molar-refractivity contribution in [3.05, 3.63) is 23.4 Å². The van der Waals surface area contributed by atoms with Gasteiger partial charge in [0.15, 0.2) is 0 Å². The van der Waals surface area contributed by atoms with E-state index in [9.17, 15) is 9.90 Å². The van der Waals surface area contributed by atoms with Gasteiger partial charge in [-0.2, -0.15) is 0 Å². The predicted octanol–water partition coefficient (Wildman–Crippen LogP) is 3.33. The lowest BCUT2D eigenvalue weighted by Crippen LogP contribution is -2.18. The lowest BCUT2D eigenvalue weighted by molar-refractivity contribution is 0.0696. The van der Waals surface area contributed by atoms with E-state index in [-0.39, 0.29) is 0 Å². The molecule has 0 saturated heterocycles. The smallest absolute Gasteiger partial charge is 0.335 e. The third kappa shape index (κ3) is 2.79. The summed E-state index contributed by atoms with van der Waals surface area (Å²) in [4.78, 5) is 15.7. The van der Waals surface area contributed by atoms with Crippen molar-refractivity contribution in [1.29, 1.82) is 0 Å². The van der Waals surface area contributed by atoms with Gasteiger partial charge in [-0.25, -0.2) is 9.78 Å². The maximum atomic E-state index is 11.2. The van der Waals surface area contributed by atoms with Crippen LogP contribution in [0.25, 0.3) is 0 Å². The van der Waals surface area contributed by atoms with E-state index in [0.717, 1.165) is 36.8 Å². The monoisotopic (exact) mass is 274 g/mol. The maximum absolute atomic E-state index is 11.2. The molecule has 1 aromatic heterocycles. The molecule has 0 bridgehead atoms. The van der Waals surface area contributed by atoms with Gasteiger partial charge in [0, 0.05) is 12.2 Å². The molecule has 0 aliphatic heterocycles. The molecule has 0 radical (unpaired) electrons. The number of carboxylic acids is 1. The Morgan fingerprint density at radius 3 is 2.75 bits per heavy atom. The molecule has 3 rings (SSSR count). The maximum Gasteiger partial charge on any atom is 0.335 e. The average molecular weight is 274 g/mol. The van der Waals surface area contributed by atoms with Gasteiger partial charge in [-0.05, 0) is 55.6 Å². The lowest BCUT2D eigenvalue weighted by atomic mass is 10.0. The number of aromatic nitrogens is 1. The quantitative estimate of drug-likeness (QED) is 0.800. The van der Waals surface area contributed by atoms with Crippen LogP contribution in [0.15, 0.2) is 12.1 Å². The number of hydrogen-bond donors (Lipinski definition) is 2. The van der Waals surface area contributed by atoms with E-state index < -0.39 is 5.97 Å². The Kier molecular flexibility index (Phi) is 3.40. The largest absolute Gasteiger partial charge is 0.478 e. The summed E-state index contributed by atoms with van der Waals surface area (Å²) in [5.41, 5.74) is 1.69. The summed E-state index contributed by atoms with van der Waals surface area (Å²) >= 11 is 0. The van der Waals surface area contributed by atoms with Crippen molar-refractivity contribution in [1.82, 2.24) is 4.98 Å². The summed E-state index contributed by atoms with van der Waals surface area (Å²) in [7, 11) is 0. The summed E-state index contributed by atoms with van der Waals surface area (Å²) in [6, 6.07) is 3.34. The molecule has 2 aliphatic rings. The zero-order valence-electron chi connectivity index (χ0n) is 12.0. The zero-order chi connectivity index (χ0) is 14.2. The van der Waals surface area contributed by atoms with Crippen molar-refractivity contribution in [3.63, 3.8) is 0 Å². The van der Waals surface area contributed by atoms with Gasteiger partial charge in [-0.1, -0.05) is 13.3 Å². The number of carbonyl (C=O) groups is 1. The topological polar surface area (TPSA) is 62.2 Å². The number of nitrogens with zero attached hydrogens (tertiary/aromatic N) is 1. The first kappa shape index (κ1) is 13.4. The zero-order valence-corrected chi connectivity index (χ0v) is 12.0. The highest BCUT2D eigenvalue weighted by molar-refractivity contribution is 5.88. The molecular weight excluding hydrogens is 252 g/mol. The molecular formula is C16H22N2O2. The number of carboxylic acid groups (broad SMARTS) is 1. The van der Waals surface area contributed by atoms with Crippen molar-refractivity contribution in [2.45, 2.75) is 45.4 Å². The molecule has 2 aliphatic carbocycles. The Morgan fingerprint density at radius 2 is 2.20 bits per heavy atom. The Morgan fingerprint density at radius 1 is 1.45 bits per heavy atom. The number of anilines is 1. The van der Waals surface area contributed by atoms with E-state index in [1.54, 1.807) is 12.1 Å². The van der Waals surface area contributed by atoms with Crippen LogP contribution >= 0.6 is 0 Å². The van der Waals surface area contributed by atoms with Crippen LogP contribution in [0.2, 0.25) is 0 Å². The summed E-state index contributed by atoms with van der Waals surface area (Å²) in [5, 5.41) is 12.6. The van der Waals surface area contributed by atoms with E-state index in [4.69, 9.17) is 0 Å². The molecule has 20 heavy (non-hydrogen) atoms. The van der Waals surface area contributed by atoms with Crippen molar-refractivity contribution in [2.75, 3.05) is 11.9 Å². The van der Waals surface area contributed by atoms with Gasteiger partial charge >= 0.3 is 5.97 Å². The van der Waals surface area contributed by atoms with E-state index in [1.165, 1.54) is 25.7 Å². The number of aryl methyl sites for hydroxylation is 1. The molecule has 108 valence electrons. The average Bonchev–Trinajstić information content (AvgIpc) is 3.27. The minimum absolute atomic E-state index is 0.335. The summed E-state index contributed by atoms with van der Waals surface area (Å²) in [5.74, 6) is 0.740. The van der Waals surface area contributed by atoms with E-state index >= 15 is 0 Å². The summed E-state index contributed by atoms with van der Waals surface area (Å²) in [6.45, 7) is 3.02. The van der Waals surface area contributed by atoms with Crippen LogP contribution in [0.5, 0.6) is 0 Å². The summed E-state index contributed by atoms with van der Waals surface area (Å²) < 4.78 is 0. The third-order valence-corrected chi connectivity index (χ3v) is 4.59. The predicted molar refractivity (Wildman–Crippen MR) is 78.1 cm³/mol. The first-order valence-electron chi connectivity index (χ1n) is 7.61. The number of nitrogens with one attached hydrogen (secondary N) is 1. The fourth-order valence-electron chi connectivity index (χ4n) is 3.04. The van der Waals surface area contributed by atoms with Gasteiger partial charge in [0.05, 0.1) is 5.56 Å². The molecule has 1 heterocycles. The molecule has 4 nitrogen and oxygen atoms in total. The molecule has 1 aromatic rings. The number of rotatable bonds is 7. The Labute approximate surface area is 119 Å².